The Bertz CT molecular complexity index is 1370. The van der Waals surface area contributed by atoms with E-state index in [-0.39, 0.29) is 17.7 Å². The molecule has 5 heteroatoms. The molecule has 0 radical (unpaired) electrons. The molecule has 4 nitrogen and oxygen atoms in total. The van der Waals surface area contributed by atoms with Gasteiger partial charge in [-0.05, 0) is 48.2 Å². The van der Waals surface area contributed by atoms with Crippen molar-refractivity contribution >= 4 is 39.7 Å². The fraction of sp³-hybridized carbons (Fsp3) is 0.148. The summed E-state index contributed by atoms with van der Waals surface area (Å²) >= 11 is 6.09. The number of H-pyrrole nitrogens is 1. The van der Waals surface area contributed by atoms with Crippen molar-refractivity contribution < 1.29 is 4.79 Å². The van der Waals surface area contributed by atoms with Gasteiger partial charge in [0.25, 0.3) is 0 Å². The van der Waals surface area contributed by atoms with E-state index in [4.69, 9.17) is 11.6 Å². The molecule has 6 rings (SSSR count). The lowest BCUT2D eigenvalue weighted by molar-refractivity contribution is -0.116. The Balaban J connectivity index is 1.49. The zero-order valence-corrected chi connectivity index (χ0v) is 18.1. The molecular formula is C27H22ClN3O. The minimum absolute atomic E-state index is 0.125. The van der Waals surface area contributed by atoms with Gasteiger partial charge in [-0.15, -0.1) is 0 Å². The molecule has 158 valence electrons. The lowest BCUT2D eigenvalue weighted by Gasteiger charge is -2.29. The van der Waals surface area contributed by atoms with Crippen molar-refractivity contribution in [2.45, 2.75) is 24.8 Å². The quantitative estimate of drug-likeness (QED) is 0.322. The van der Waals surface area contributed by atoms with E-state index in [9.17, 15) is 4.79 Å². The van der Waals surface area contributed by atoms with Gasteiger partial charge in [0.05, 0.1) is 17.4 Å². The fourth-order valence-corrected chi connectivity index (χ4v) is 5.16. The first-order valence-electron chi connectivity index (χ1n) is 10.9. The second-order valence-electron chi connectivity index (χ2n) is 8.51. The molecule has 1 aliphatic heterocycles. The number of nitrogens with one attached hydrogen (secondary N) is 3. The predicted molar refractivity (Wildman–Crippen MR) is 130 cm³/mol. The molecule has 1 aromatic heterocycles. The van der Waals surface area contributed by atoms with Crippen molar-refractivity contribution in [3.05, 3.63) is 106 Å². The van der Waals surface area contributed by atoms with E-state index < -0.39 is 0 Å². The number of aromatic amines is 1. The number of ketones is 1. The summed E-state index contributed by atoms with van der Waals surface area (Å²) < 4.78 is 0. The van der Waals surface area contributed by atoms with Gasteiger partial charge in [0.1, 0.15) is 0 Å². The zero-order chi connectivity index (χ0) is 21.7. The molecule has 2 aliphatic rings. The Labute approximate surface area is 191 Å². The molecule has 0 saturated heterocycles. The van der Waals surface area contributed by atoms with Crippen LogP contribution in [0.4, 0.5) is 11.4 Å². The van der Waals surface area contributed by atoms with Gasteiger partial charge in [-0.25, -0.2) is 0 Å². The number of benzene rings is 3. The molecule has 2 atom stereocenters. The molecule has 0 saturated carbocycles. The number of hydrogen-bond donors (Lipinski definition) is 3. The number of hydrogen-bond acceptors (Lipinski definition) is 3. The fourth-order valence-electron chi connectivity index (χ4n) is 5.03. The van der Waals surface area contributed by atoms with Crippen LogP contribution in [0.5, 0.6) is 0 Å². The third-order valence-electron chi connectivity index (χ3n) is 6.58. The van der Waals surface area contributed by atoms with Gasteiger partial charge in [-0.1, -0.05) is 54.1 Å². The van der Waals surface area contributed by atoms with Crippen LogP contribution in [0.15, 0.2) is 90.3 Å². The molecule has 0 fully saturated rings. The van der Waals surface area contributed by atoms with Gasteiger partial charge in [0.15, 0.2) is 5.78 Å². The van der Waals surface area contributed by atoms with Crippen LogP contribution in [-0.2, 0) is 4.79 Å². The SMILES string of the molecule is O=C1CC(c2ccc(Cl)cc2)CC2=C1C(c1c[nH]c3ccccc13)Nc1ccccc1N2. The number of para-hydroxylation sites is 3. The van der Waals surface area contributed by atoms with Crippen LogP contribution in [0.25, 0.3) is 10.9 Å². The lowest BCUT2D eigenvalue weighted by Crippen LogP contribution is -2.26. The highest BCUT2D eigenvalue weighted by Gasteiger charge is 2.36. The average molecular weight is 440 g/mol. The van der Waals surface area contributed by atoms with Crippen molar-refractivity contribution in [2.24, 2.45) is 0 Å². The van der Waals surface area contributed by atoms with Gasteiger partial charge in [-0.3, -0.25) is 4.79 Å². The Morgan fingerprint density at radius 1 is 0.844 bits per heavy atom. The largest absolute Gasteiger partial charge is 0.372 e. The van der Waals surface area contributed by atoms with Crippen LogP contribution >= 0.6 is 11.6 Å². The smallest absolute Gasteiger partial charge is 0.163 e. The van der Waals surface area contributed by atoms with Gasteiger partial charge in [-0.2, -0.15) is 0 Å². The summed E-state index contributed by atoms with van der Waals surface area (Å²) in [5.41, 5.74) is 7.11. The number of fused-ring (bicyclic) bond motifs is 2. The highest BCUT2D eigenvalue weighted by atomic mass is 35.5. The molecule has 2 unspecified atom stereocenters. The van der Waals surface area contributed by atoms with Crippen LogP contribution in [-0.4, -0.2) is 10.8 Å². The summed E-state index contributed by atoms with van der Waals surface area (Å²) in [6, 6.07) is 24.0. The summed E-state index contributed by atoms with van der Waals surface area (Å²) in [4.78, 5) is 17.0. The molecule has 3 aromatic carbocycles. The van der Waals surface area contributed by atoms with E-state index in [1.165, 1.54) is 0 Å². The molecule has 0 spiro atoms. The molecular weight excluding hydrogens is 418 g/mol. The van der Waals surface area contributed by atoms with Crippen molar-refractivity contribution in [3.8, 4) is 0 Å². The zero-order valence-electron chi connectivity index (χ0n) is 17.4. The number of allylic oxidation sites excluding steroid dienone is 1. The number of Topliss-reactive ketones (excluding diaryl/α,β-unsaturated/α-hetero) is 1. The maximum Gasteiger partial charge on any atom is 0.163 e. The number of halogens is 1. The number of carbonyl (C=O) groups excluding carboxylic acids is 1. The van der Waals surface area contributed by atoms with E-state index in [0.717, 1.165) is 51.1 Å². The average Bonchev–Trinajstić information content (AvgIpc) is 3.15. The minimum Gasteiger partial charge on any atom is -0.372 e. The third-order valence-corrected chi connectivity index (χ3v) is 6.83. The van der Waals surface area contributed by atoms with Crippen LogP contribution in [0.2, 0.25) is 5.02 Å². The molecule has 1 aliphatic carbocycles. The Morgan fingerprint density at radius 3 is 2.44 bits per heavy atom. The molecule has 2 heterocycles. The monoisotopic (exact) mass is 439 g/mol. The van der Waals surface area contributed by atoms with Crippen molar-refractivity contribution in [3.63, 3.8) is 0 Å². The lowest BCUT2D eigenvalue weighted by atomic mass is 9.78. The van der Waals surface area contributed by atoms with Gasteiger partial charge < -0.3 is 15.6 Å². The maximum absolute atomic E-state index is 13.7. The Hall–Kier alpha value is -3.50. The van der Waals surface area contributed by atoms with Crippen LogP contribution in [0, 0.1) is 0 Å². The van der Waals surface area contributed by atoms with E-state index in [2.05, 4.69) is 39.9 Å². The normalized spacial score (nSPS) is 20.2. The van der Waals surface area contributed by atoms with Crippen molar-refractivity contribution in [2.75, 3.05) is 10.6 Å². The van der Waals surface area contributed by atoms with Crippen molar-refractivity contribution in [1.82, 2.24) is 4.98 Å². The highest BCUT2D eigenvalue weighted by Crippen LogP contribution is 2.45. The van der Waals surface area contributed by atoms with Gasteiger partial charge >= 0.3 is 0 Å². The van der Waals surface area contributed by atoms with E-state index in [1.54, 1.807) is 0 Å². The number of aromatic nitrogens is 1. The minimum atomic E-state index is -0.226. The molecule has 3 N–H and O–H groups in total. The second kappa shape index (κ2) is 7.57. The molecule has 0 bridgehead atoms. The van der Waals surface area contributed by atoms with Crippen LogP contribution in [0.3, 0.4) is 0 Å². The first-order chi connectivity index (χ1) is 15.7. The summed E-state index contributed by atoms with van der Waals surface area (Å²) in [5, 5.41) is 9.11. The Morgan fingerprint density at radius 2 is 1.59 bits per heavy atom. The summed E-state index contributed by atoms with van der Waals surface area (Å²) in [6.45, 7) is 0. The summed E-state index contributed by atoms with van der Waals surface area (Å²) in [7, 11) is 0. The van der Waals surface area contributed by atoms with Crippen molar-refractivity contribution in [1.29, 1.82) is 0 Å². The standard InChI is InChI=1S/C27H22ClN3O/c28-18-11-9-16(10-12-18)17-13-24-26(25(32)14-17)27(31-23-8-4-3-7-22(23)30-24)20-15-29-21-6-2-1-5-19(20)21/h1-12,15,17,27,29-31H,13-14H2. The Kier molecular flexibility index (Phi) is 4.54. The van der Waals surface area contributed by atoms with E-state index in [1.807, 2.05) is 54.7 Å². The molecule has 0 amide bonds. The van der Waals surface area contributed by atoms with Crippen LogP contribution in [0.1, 0.15) is 35.9 Å². The first kappa shape index (κ1) is 19.2. The number of rotatable bonds is 2. The third kappa shape index (κ3) is 3.19. The van der Waals surface area contributed by atoms with Gasteiger partial charge in [0.2, 0.25) is 0 Å². The number of anilines is 2. The van der Waals surface area contributed by atoms with E-state index in [0.29, 0.717) is 11.4 Å². The maximum atomic E-state index is 13.7. The first-order valence-corrected chi connectivity index (χ1v) is 11.3. The topological polar surface area (TPSA) is 56.9 Å². The summed E-state index contributed by atoms with van der Waals surface area (Å²) in [6.07, 6.45) is 3.29. The second-order valence-corrected chi connectivity index (χ2v) is 8.95. The predicted octanol–water partition coefficient (Wildman–Crippen LogP) is 6.80. The molecule has 32 heavy (non-hydrogen) atoms. The highest BCUT2D eigenvalue weighted by molar-refractivity contribution is 6.30. The van der Waals surface area contributed by atoms with E-state index >= 15 is 0 Å². The number of carbonyl (C=O) groups is 1. The molecule has 4 aromatic rings. The summed E-state index contributed by atoms with van der Waals surface area (Å²) in [5.74, 6) is 0.300. The van der Waals surface area contributed by atoms with Crippen LogP contribution < -0.4 is 10.6 Å². The van der Waals surface area contributed by atoms with Gasteiger partial charge in [0, 0.05) is 45.4 Å².